The molecule has 2 aromatic rings. The molecule has 1 amide bonds. The quantitative estimate of drug-likeness (QED) is 0.669. The number of hydrogen-bond donors (Lipinski definition) is 2. The number of nitrogens with zero attached hydrogens (tertiary/aromatic N) is 2. The van der Waals surface area contributed by atoms with Gasteiger partial charge in [-0.05, 0) is 50.2 Å². The summed E-state index contributed by atoms with van der Waals surface area (Å²) in [5.41, 5.74) is 2.60. The van der Waals surface area contributed by atoms with Crippen LogP contribution in [0.5, 0.6) is 0 Å². The lowest BCUT2D eigenvalue weighted by Gasteiger charge is -2.30. The summed E-state index contributed by atoms with van der Waals surface area (Å²) in [6, 6.07) is 9.91. The minimum atomic E-state index is -0.104. The largest absolute Gasteiger partial charge is 0.376 e. The maximum Gasteiger partial charge on any atom is 0.257 e. The fourth-order valence-corrected chi connectivity index (χ4v) is 4.45. The van der Waals surface area contributed by atoms with Gasteiger partial charge in [0.25, 0.3) is 5.91 Å². The Bertz CT molecular complexity index is 871. The van der Waals surface area contributed by atoms with Crippen LogP contribution in [0, 0.1) is 5.92 Å². The van der Waals surface area contributed by atoms with E-state index in [1.807, 2.05) is 30.3 Å². The van der Waals surface area contributed by atoms with Crippen LogP contribution in [0.3, 0.4) is 0 Å². The number of anilines is 1. The van der Waals surface area contributed by atoms with Crippen LogP contribution in [0.4, 0.5) is 5.82 Å². The smallest absolute Gasteiger partial charge is 0.257 e. The molecule has 1 saturated heterocycles. The van der Waals surface area contributed by atoms with Gasteiger partial charge in [-0.1, -0.05) is 43.7 Å². The summed E-state index contributed by atoms with van der Waals surface area (Å²) in [6.45, 7) is 7.93. The molecule has 2 heterocycles. The Morgan fingerprint density at radius 1 is 1.27 bits per heavy atom. The Balaban J connectivity index is 1.53. The number of rotatable bonds is 7. The van der Waals surface area contributed by atoms with E-state index in [9.17, 15) is 4.79 Å². The Morgan fingerprint density at radius 3 is 2.80 bits per heavy atom. The van der Waals surface area contributed by atoms with Crippen LogP contribution in [-0.4, -0.2) is 41.0 Å². The minimum Gasteiger partial charge on any atom is -0.376 e. The average Bonchev–Trinajstić information content (AvgIpc) is 3.44. The molecule has 0 radical (unpaired) electrons. The molecule has 30 heavy (non-hydrogen) atoms. The molecule has 1 aromatic heterocycles. The number of amides is 1. The lowest BCUT2D eigenvalue weighted by Crippen LogP contribution is -2.39. The summed E-state index contributed by atoms with van der Waals surface area (Å²) in [6.07, 6.45) is 8.19. The second-order valence-electron chi connectivity index (χ2n) is 8.41. The molecule has 6 heteroatoms. The summed E-state index contributed by atoms with van der Waals surface area (Å²) < 4.78 is 7.55. The van der Waals surface area contributed by atoms with Crippen molar-refractivity contribution in [3.05, 3.63) is 54.2 Å². The van der Waals surface area contributed by atoms with E-state index < -0.39 is 0 Å². The van der Waals surface area contributed by atoms with E-state index in [0.29, 0.717) is 23.8 Å². The zero-order chi connectivity index (χ0) is 20.9. The zero-order valence-electron chi connectivity index (χ0n) is 17.8. The van der Waals surface area contributed by atoms with Crippen molar-refractivity contribution in [2.45, 2.75) is 57.6 Å². The van der Waals surface area contributed by atoms with Gasteiger partial charge in [0.2, 0.25) is 0 Å². The normalized spacial score (nSPS) is 24.0. The fourth-order valence-electron chi connectivity index (χ4n) is 4.45. The highest BCUT2D eigenvalue weighted by Gasteiger charge is 2.27. The highest BCUT2D eigenvalue weighted by atomic mass is 16.5. The second kappa shape index (κ2) is 9.47. The predicted molar refractivity (Wildman–Crippen MR) is 119 cm³/mol. The van der Waals surface area contributed by atoms with E-state index in [0.717, 1.165) is 50.0 Å². The van der Waals surface area contributed by atoms with Crippen molar-refractivity contribution in [3.8, 4) is 5.69 Å². The molecule has 3 atom stereocenters. The van der Waals surface area contributed by atoms with Crippen LogP contribution in [-0.2, 0) is 4.74 Å². The first kappa shape index (κ1) is 20.7. The van der Waals surface area contributed by atoms with E-state index in [2.05, 4.69) is 29.2 Å². The number of para-hydroxylation sites is 1. The van der Waals surface area contributed by atoms with E-state index in [1.165, 1.54) is 6.42 Å². The molecule has 2 aliphatic rings. The highest BCUT2D eigenvalue weighted by Crippen LogP contribution is 2.30. The van der Waals surface area contributed by atoms with Crippen molar-refractivity contribution in [1.29, 1.82) is 0 Å². The number of hydrogen-bond acceptors (Lipinski definition) is 4. The highest BCUT2D eigenvalue weighted by molar-refractivity contribution is 5.99. The Labute approximate surface area is 178 Å². The van der Waals surface area contributed by atoms with Gasteiger partial charge < -0.3 is 15.4 Å². The Kier molecular flexibility index (Phi) is 6.53. The lowest BCUT2D eigenvalue weighted by atomic mass is 9.81. The van der Waals surface area contributed by atoms with Gasteiger partial charge in [-0.15, -0.1) is 0 Å². The molecule has 0 bridgehead atoms. The summed E-state index contributed by atoms with van der Waals surface area (Å²) >= 11 is 0. The van der Waals surface area contributed by atoms with Crippen LogP contribution < -0.4 is 10.6 Å². The van der Waals surface area contributed by atoms with Crippen molar-refractivity contribution in [2.24, 2.45) is 5.92 Å². The fraction of sp³-hybridized carbons (Fsp3) is 0.500. The first-order valence-electron chi connectivity index (χ1n) is 11.1. The van der Waals surface area contributed by atoms with Crippen LogP contribution in [0.25, 0.3) is 5.69 Å². The van der Waals surface area contributed by atoms with Gasteiger partial charge in [0.1, 0.15) is 11.4 Å². The second-order valence-corrected chi connectivity index (χ2v) is 8.41. The van der Waals surface area contributed by atoms with Gasteiger partial charge in [-0.3, -0.25) is 4.79 Å². The molecule has 4 rings (SSSR count). The van der Waals surface area contributed by atoms with Gasteiger partial charge in [-0.25, -0.2) is 4.68 Å². The monoisotopic (exact) mass is 408 g/mol. The molecular formula is C24H32N4O2. The van der Waals surface area contributed by atoms with E-state index in [4.69, 9.17) is 4.74 Å². The molecular weight excluding hydrogens is 376 g/mol. The predicted octanol–water partition coefficient (Wildman–Crippen LogP) is 4.33. The van der Waals surface area contributed by atoms with Gasteiger partial charge >= 0.3 is 0 Å². The van der Waals surface area contributed by atoms with Crippen molar-refractivity contribution in [1.82, 2.24) is 15.1 Å². The van der Waals surface area contributed by atoms with Crippen LogP contribution >= 0.6 is 0 Å². The molecule has 2 fully saturated rings. The molecule has 0 spiro atoms. The topological polar surface area (TPSA) is 68.2 Å². The van der Waals surface area contributed by atoms with Crippen molar-refractivity contribution in [2.75, 3.05) is 18.5 Å². The van der Waals surface area contributed by atoms with Gasteiger partial charge in [0.15, 0.2) is 0 Å². The summed E-state index contributed by atoms with van der Waals surface area (Å²) in [4.78, 5) is 13.2. The van der Waals surface area contributed by atoms with Crippen molar-refractivity contribution >= 4 is 11.7 Å². The first-order chi connectivity index (χ1) is 14.7. The van der Waals surface area contributed by atoms with Crippen molar-refractivity contribution in [3.63, 3.8) is 0 Å². The summed E-state index contributed by atoms with van der Waals surface area (Å²) in [5.74, 6) is 1.30. The van der Waals surface area contributed by atoms with Crippen LogP contribution in [0.15, 0.2) is 48.7 Å². The van der Waals surface area contributed by atoms with Gasteiger partial charge in [0.05, 0.1) is 24.0 Å². The molecule has 160 valence electrons. The standard InChI is InChI=1S/C24H32N4O2/c1-3-18-11-12-22(17(2)14-18)27-24(29)21-16-26-28(19-8-5-4-6-9-19)23(21)25-15-20-10-7-13-30-20/h4-6,8-9,16,18,20,22,25H,2-3,7,10-15H2,1H3,(H,27,29). The first-order valence-corrected chi connectivity index (χ1v) is 11.1. The molecule has 1 aliphatic carbocycles. The molecule has 2 N–H and O–H groups in total. The number of aromatic nitrogens is 2. The van der Waals surface area contributed by atoms with Gasteiger partial charge in [-0.2, -0.15) is 5.10 Å². The summed E-state index contributed by atoms with van der Waals surface area (Å²) in [7, 11) is 0. The molecule has 1 saturated carbocycles. The maximum absolute atomic E-state index is 13.2. The van der Waals surface area contributed by atoms with Gasteiger partial charge in [0, 0.05) is 13.2 Å². The minimum absolute atomic E-state index is 0.0337. The molecule has 6 nitrogen and oxygen atoms in total. The maximum atomic E-state index is 13.2. The third-order valence-electron chi connectivity index (χ3n) is 6.33. The number of benzene rings is 1. The third-order valence-corrected chi connectivity index (χ3v) is 6.33. The van der Waals surface area contributed by atoms with Crippen LogP contribution in [0.2, 0.25) is 0 Å². The zero-order valence-corrected chi connectivity index (χ0v) is 17.8. The molecule has 1 aliphatic heterocycles. The van der Waals surface area contributed by atoms with Crippen LogP contribution in [0.1, 0.15) is 55.8 Å². The third kappa shape index (κ3) is 4.59. The number of ether oxygens (including phenoxy) is 1. The van der Waals surface area contributed by atoms with E-state index in [1.54, 1.807) is 10.9 Å². The van der Waals surface area contributed by atoms with E-state index >= 15 is 0 Å². The lowest BCUT2D eigenvalue weighted by molar-refractivity contribution is 0.0935. The Hall–Kier alpha value is -2.60. The molecule has 1 aromatic carbocycles. The SMILES string of the molecule is C=C1CC(CC)CCC1NC(=O)c1cnn(-c2ccccc2)c1NCC1CCCO1. The average molecular weight is 409 g/mol. The molecule has 3 unspecified atom stereocenters. The number of carbonyl (C=O) groups is 1. The Morgan fingerprint density at radius 2 is 2.10 bits per heavy atom. The number of carbonyl (C=O) groups excluding carboxylic acids is 1. The van der Waals surface area contributed by atoms with E-state index in [-0.39, 0.29) is 18.1 Å². The number of nitrogens with one attached hydrogen (secondary N) is 2. The van der Waals surface area contributed by atoms with Crippen molar-refractivity contribution < 1.29 is 9.53 Å². The summed E-state index contributed by atoms with van der Waals surface area (Å²) in [5, 5.41) is 11.2.